The molecule has 1 aliphatic rings. The minimum Gasteiger partial charge on any atom is -0.493 e. The van der Waals surface area contributed by atoms with Gasteiger partial charge in [-0.05, 0) is 54.1 Å². The number of urea groups is 1. The maximum absolute atomic E-state index is 12.9. The van der Waals surface area contributed by atoms with Crippen LogP contribution in [0.4, 0.5) is 10.5 Å². The molecular formula is C22H17ClN2O3. The summed E-state index contributed by atoms with van der Waals surface area (Å²) >= 11 is 5.90. The number of amides is 3. The topological polar surface area (TPSA) is 58.6 Å². The van der Waals surface area contributed by atoms with Gasteiger partial charge in [-0.1, -0.05) is 41.9 Å². The Morgan fingerprint density at radius 3 is 2.54 bits per heavy atom. The molecule has 0 unspecified atom stereocenters. The van der Waals surface area contributed by atoms with Crippen LogP contribution in [0.5, 0.6) is 5.75 Å². The first-order chi connectivity index (χ1) is 13.6. The van der Waals surface area contributed by atoms with Gasteiger partial charge < -0.3 is 10.1 Å². The first-order valence-electron chi connectivity index (χ1n) is 8.85. The monoisotopic (exact) mass is 392 g/mol. The summed E-state index contributed by atoms with van der Waals surface area (Å²) in [6.45, 7) is 2.39. The summed E-state index contributed by atoms with van der Waals surface area (Å²) in [4.78, 5) is 26.4. The molecule has 4 rings (SSSR count). The molecule has 1 N–H and O–H groups in total. The fraction of sp³-hybridized carbons (Fsp3) is 0.0909. The summed E-state index contributed by atoms with van der Waals surface area (Å²) in [6.07, 6.45) is 1.67. The predicted octanol–water partition coefficient (Wildman–Crippen LogP) is 4.99. The van der Waals surface area contributed by atoms with E-state index in [-0.39, 0.29) is 5.70 Å². The first-order valence-corrected chi connectivity index (χ1v) is 9.23. The van der Waals surface area contributed by atoms with Crippen molar-refractivity contribution in [3.63, 3.8) is 0 Å². The van der Waals surface area contributed by atoms with Crippen molar-refractivity contribution >= 4 is 46.1 Å². The Bertz CT molecular complexity index is 1110. The largest absolute Gasteiger partial charge is 0.493 e. The molecule has 0 aliphatic carbocycles. The molecule has 3 aromatic rings. The molecule has 6 heteroatoms. The van der Waals surface area contributed by atoms with Gasteiger partial charge in [-0.15, -0.1) is 0 Å². The van der Waals surface area contributed by atoms with E-state index in [0.717, 1.165) is 21.2 Å². The third kappa shape index (κ3) is 3.21. The van der Waals surface area contributed by atoms with Gasteiger partial charge in [0.05, 0.1) is 12.3 Å². The first kappa shape index (κ1) is 18.1. The molecule has 0 aromatic heterocycles. The molecule has 1 saturated heterocycles. The number of anilines is 1. The molecule has 0 atom stereocenters. The standard InChI is InChI=1S/C22H17ClN2O3/c1-2-28-20-12-7-14-5-3-4-6-17(14)18(20)13-19-21(26)25(22(27)24-19)16-10-8-15(23)9-11-16/h3-13H,2H2,1H3,(H,24,27)/b19-13+. The van der Waals surface area contributed by atoms with Gasteiger partial charge >= 0.3 is 6.03 Å². The molecule has 0 saturated carbocycles. The van der Waals surface area contributed by atoms with E-state index >= 15 is 0 Å². The second-order valence-electron chi connectivity index (χ2n) is 6.24. The van der Waals surface area contributed by atoms with Crippen molar-refractivity contribution in [3.8, 4) is 5.75 Å². The van der Waals surface area contributed by atoms with E-state index in [0.29, 0.717) is 23.1 Å². The zero-order valence-electron chi connectivity index (χ0n) is 15.1. The lowest BCUT2D eigenvalue weighted by atomic mass is 10.0. The van der Waals surface area contributed by atoms with Gasteiger partial charge in [0.1, 0.15) is 11.4 Å². The maximum Gasteiger partial charge on any atom is 0.333 e. The van der Waals surface area contributed by atoms with Crippen LogP contribution < -0.4 is 15.0 Å². The van der Waals surface area contributed by atoms with Crippen LogP contribution in [-0.4, -0.2) is 18.5 Å². The summed E-state index contributed by atoms with van der Waals surface area (Å²) in [6, 6.07) is 17.7. The van der Waals surface area contributed by atoms with Crippen molar-refractivity contribution in [3.05, 3.63) is 76.9 Å². The van der Waals surface area contributed by atoms with Crippen molar-refractivity contribution < 1.29 is 14.3 Å². The van der Waals surface area contributed by atoms with Crippen LogP contribution >= 0.6 is 11.6 Å². The number of fused-ring (bicyclic) bond motifs is 1. The summed E-state index contributed by atoms with van der Waals surface area (Å²) in [5.41, 5.74) is 1.40. The Morgan fingerprint density at radius 1 is 1.04 bits per heavy atom. The molecule has 3 aromatic carbocycles. The number of carbonyl (C=O) groups excluding carboxylic acids is 2. The smallest absolute Gasteiger partial charge is 0.333 e. The number of hydrogen-bond donors (Lipinski definition) is 1. The van der Waals surface area contributed by atoms with Gasteiger partial charge in [-0.3, -0.25) is 4.79 Å². The molecular weight excluding hydrogens is 376 g/mol. The third-order valence-corrected chi connectivity index (χ3v) is 4.73. The quantitative estimate of drug-likeness (QED) is 0.502. The highest BCUT2D eigenvalue weighted by atomic mass is 35.5. The van der Waals surface area contributed by atoms with E-state index in [1.54, 1.807) is 30.3 Å². The number of nitrogens with one attached hydrogen (secondary N) is 1. The van der Waals surface area contributed by atoms with Gasteiger partial charge in [0, 0.05) is 10.6 Å². The van der Waals surface area contributed by atoms with Gasteiger partial charge in [0.25, 0.3) is 5.91 Å². The summed E-state index contributed by atoms with van der Waals surface area (Å²) < 4.78 is 5.75. The van der Waals surface area contributed by atoms with Crippen LogP contribution in [0.2, 0.25) is 5.02 Å². The second kappa shape index (κ2) is 7.37. The molecule has 1 aliphatic heterocycles. The average molecular weight is 393 g/mol. The lowest BCUT2D eigenvalue weighted by Crippen LogP contribution is -2.30. The summed E-state index contributed by atoms with van der Waals surface area (Å²) in [7, 11) is 0. The number of halogens is 1. The number of carbonyl (C=O) groups is 2. The Balaban J connectivity index is 1.79. The second-order valence-corrected chi connectivity index (χ2v) is 6.67. The number of benzene rings is 3. The van der Waals surface area contributed by atoms with Crippen LogP contribution in [0.25, 0.3) is 16.8 Å². The Kier molecular flexibility index (Phi) is 4.75. The van der Waals surface area contributed by atoms with Crippen LogP contribution in [0, 0.1) is 0 Å². The van der Waals surface area contributed by atoms with Crippen molar-refractivity contribution in [2.45, 2.75) is 6.92 Å². The number of ether oxygens (including phenoxy) is 1. The lowest BCUT2D eigenvalue weighted by Gasteiger charge is -2.12. The SMILES string of the molecule is CCOc1ccc2ccccc2c1/C=C1/NC(=O)N(c2ccc(Cl)cc2)C1=O. The highest BCUT2D eigenvalue weighted by Gasteiger charge is 2.35. The van der Waals surface area contributed by atoms with Gasteiger partial charge in [0.15, 0.2) is 0 Å². The Labute approximate surface area is 167 Å². The molecule has 0 radical (unpaired) electrons. The van der Waals surface area contributed by atoms with Crippen molar-refractivity contribution in [1.29, 1.82) is 0 Å². The fourth-order valence-corrected chi connectivity index (χ4v) is 3.34. The Hall–Kier alpha value is -3.31. The minimum absolute atomic E-state index is 0.192. The van der Waals surface area contributed by atoms with E-state index in [4.69, 9.17) is 16.3 Å². The van der Waals surface area contributed by atoms with E-state index in [1.165, 1.54) is 0 Å². The maximum atomic E-state index is 12.9. The number of rotatable bonds is 4. The highest BCUT2D eigenvalue weighted by molar-refractivity contribution is 6.31. The predicted molar refractivity (Wildman–Crippen MR) is 111 cm³/mol. The molecule has 28 heavy (non-hydrogen) atoms. The molecule has 140 valence electrons. The van der Waals surface area contributed by atoms with Gasteiger partial charge in [-0.25, -0.2) is 9.69 Å². The lowest BCUT2D eigenvalue weighted by molar-refractivity contribution is -0.113. The van der Waals surface area contributed by atoms with Crippen LogP contribution in [0.1, 0.15) is 12.5 Å². The summed E-state index contributed by atoms with van der Waals surface area (Å²) in [5.74, 6) is 0.225. The highest BCUT2D eigenvalue weighted by Crippen LogP contribution is 2.32. The summed E-state index contributed by atoms with van der Waals surface area (Å²) in [5, 5.41) is 5.15. The number of hydrogen-bond acceptors (Lipinski definition) is 3. The van der Waals surface area contributed by atoms with Gasteiger partial charge in [-0.2, -0.15) is 0 Å². The van der Waals surface area contributed by atoms with Crippen LogP contribution in [-0.2, 0) is 4.79 Å². The van der Waals surface area contributed by atoms with Crippen molar-refractivity contribution in [2.24, 2.45) is 0 Å². The molecule has 1 heterocycles. The Morgan fingerprint density at radius 2 is 1.79 bits per heavy atom. The zero-order valence-corrected chi connectivity index (χ0v) is 15.9. The van der Waals surface area contributed by atoms with Crippen LogP contribution in [0.15, 0.2) is 66.4 Å². The third-order valence-electron chi connectivity index (χ3n) is 4.48. The normalized spacial score (nSPS) is 15.4. The van der Waals surface area contributed by atoms with E-state index < -0.39 is 11.9 Å². The molecule has 1 fully saturated rings. The minimum atomic E-state index is -0.503. The van der Waals surface area contributed by atoms with Crippen LogP contribution in [0.3, 0.4) is 0 Å². The molecule has 5 nitrogen and oxygen atoms in total. The van der Waals surface area contributed by atoms with E-state index in [9.17, 15) is 9.59 Å². The average Bonchev–Trinajstić information content (AvgIpc) is 2.98. The number of nitrogens with zero attached hydrogens (tertiary/aromatic N) is 1. The van der Waals surface area contributed by atoms with Crippen molar-refractivity contribution in [1.82, 2.24) is 5.32 Å². The van der Waals surface area contributed by atoms with Crippen molar-refractivity contribution in [2.75, 3.05) is 11.5 Å². The number of imide groups is 1. The molecule has 0 bridgehead atoms. The molecule has 0 spiro atoms. The van der Waals surface area contributed by atoms with E-state index in [2.05, 4.69) is 5.32 Å². The van der Waals surface area contributed by atoms with Gasteiger partial charge in [0.2, 0.25) is 0 Å². The zero-order chi connectivity index (χ0) is 19.7. The van der Waals surface area contributed by atoms with E-state index in [1.807, 2.05) is 43.3 Å². The molecule has 3 amide bonds. The fourth-order valence-electron chi connectivity index (χ4n) is 3.21.